The van der Waals surface area contributed by atoms with Crippen LogP contribution in [0.3, 0.4) is 0 Å². The number of likely N-dealkylation sites (tertiary alicyclic amines) is 1. The first-order valence-corrected chi connectivity index (χ1v) is 8.77. The smallest absolute Gasteiger partial charge is 0.315 e. The first-order chi connectivity index (χ1) is 11.7. The summed E-state index contributed by atoms with van der Waals surface area (Å²) in [6.07, 6.45) is 0.651. The molecule has 0 N–H and O–H groups in total. The number of carbonyl (C=O) groups is 3. The molecule has 0 bridgehead atoms. The van der Waals surface area contributed by atoms with E-state index < -0.39 is 22.9 Å². The van der Waals surface area contributed by atoms with Gasteiger partial charge in [0.2, 0.25) is 5.91 Å². The number of hydrogen-bond acceptors (Lipinski definition) is 4. The molecule has 1 heterocycles. The van der Waals surface area contributed by atoms with Gasteiger partial charge in [-0.15, -0.1) is 0 Å². The van der Waals surface area contributed by atoms with E-state index in [2.05, 4.69) is 0 Å². The Bertz CT molecular complexity index is 706. The van der Waals surface area contributed by atoms with Crippen LogP contribution >= 0.6 is 0 Å². The Labute approximate surface area is 148 Å². The van der Waals surface area contributed by atoms with E-state index in [9.17, 15) is 14.4 Å². The number of Topliss-reactive ketones (excluding diaryl/α,β-unsaturated/α-hetero) is 1. The summed E-state index contributed by atoms with van der Waals surface area (Å²) >= 11 is 0. The lowest BCUT2D eigenvalue weighted by Crippen LogP contribution is -2.42. The third kappa shape index (κ3) is 2.96. The molecule has 0 spiro atoms. The topological polar surface area (TPSA) is 63.7 Å². The fourth-order valence-corrected chi connectivity index (χ4v) is 3.94. The van der Waals surface area contributed by atoms with E-state index in [0.717, 1.165) is 5.56 Å². The van der Waals surface area contributed by atoms with Crippen molar-refractivity contribution in [1.82, 2.24) is 4.90 Å². The van der Waals surface area contributed by atoms with Crippen LogP contribution in [-0.4, -0.2) is 34.7 Å². The average molecular weight is 343 g/mol. The summed E-state index contributed by atoms with van der Waals surface area (Å²) in [6, 6.07) is 9.47. The van der Waals surface area contributed by atoms with Crippen LogP contribution < -0.4 is 0 Å². The summed E-state index contributed by atoms with van der Waals surface area (Å²) in [5.74, 6) is -1.70. The molecule has 3 rings (SSSR count). The molecule has 1 amide bonds. The molecule has 1 aliphatic heterocycles. The second kappa shape index (κ2) is 5.97. The molecule has 0 aromatic heterocycles. The number of amides is 1. The van der Waals surface area contributed by atoms with Gasteiger partial charge in [-0.3, -0.25) is 14.4 Å². The van der Waals surface area contributed by atoms with E-state index in [1.807, 2.05) is 37.3 Å². The Balaban J connectivity index is 1.93. The predicted molar refractivity (Wildman–Crippen MR) is 92.6 cm³/mol. The second-order valence-corrected chi connectivity index (χ2v) is 8.11. The van der Waals surface area contributed by atoms with Crippen LogP contribution in [0.1, 0.15) is 52.1 Å². The molecule has 1 saturated heterocycles. The SMILES string of the molecule is C[C@H](c1ccccc1)N1CC2(C(=O)OC(C)(C)C)CCC(=O)[C@@H]2C1=O. The summed E-state index contributed by atoms with van der Waals surface area (Å²) in [5.41, 5.74) is -0.698. The average Bonchev–Trinajstić information content (AvgIpc) is 3.03. The highest BCUT2D eigenvalue weighted by atomic mass is 16.6. The van der Waals surface area contributed by atoms with Gasteiger partial charge in [0.15, 0.2) is 0 Å². The van der Waals surface area contributed by atoms with Crippen LogP contribution in [0, 0.1) is 11.3 Å². The molecule has 5 heteroatoms. The van der Waals surface area contributed by atoms with Crippen molar-refractivity contribution >= 4 is 17.7 Å². The molecular formula is C20H25NO4. The highest BCUT2D eigenvalue weighted by Gasteiger charge is 2.65. The van der Waals surface area contributed by atoms with Crippen molar-refractivity contribution in [2.24, 2.45) is 11.3 Å². The number of ether oxygens (including phenoxy) is 1. The molecule has 3 atom stereocenters. The van der Waals surface area contributed by atoms with Crippen LogP contribution in [0.2, 0.25) is 0 Å². The Morgan fingerprint density at radius 1 is 1.24 bits per heavy atom. The van der Waals surface area contributed by atoms with E-state index in [0.29, 0.717) is 6.42 Å². The number of esters is 1. The number of hydrogen-bond donors (Lipinski definition) is 0. The van der Waals surface area contributed by atoms with Gasteiger partial charge in [0, 0.05) is 13.0 Å². The number of rotatable bonds is 3. The van der Waals surface area contributed by atoms with E-state index in [-0.39, 0.29) is 30.7 Å². The summed E-state index contributed by atoms with van der Waals surface area (Å²) in [6.45, 7) is 7.58. The highest BCUT2D eigenvalue weighted by molar-refractivity contribution is 6.10. The van der Waals surface area contributed by atoms with Gasteiger partial charge in [0.25, 0.3) is 0 Å². The van der Waals surface area contributed by atoms with Crippen LogP contribution in [0.5, 0.6) is 0 Å². The van der Waals surface area contributed by atoms with E-state index in [4.69, 9.17) is 4.74 Å². The van der Waals surface area contributed by atoms with Gasteiger partial charge in [-0.05, 0) is 39.7 Å². The normalized spacial score (nSPS) is 27.4. The molecule has 1 unspecified atom stereocenters. The minimum Gasteiger partial charge on any atom is -0.459 e. The molecule has 134 valence electrons. The first-order valence-electron chi connectivity index (χ1n) is 8.77. The molecular weight excluding hydrogens is 318 g/mol. The summed E-state index contributed by atoms with van der Waals surface area (Å²) in [4.78, 5) is 40.0. The maximum atomic E-state index is 13.0. The zero-order valence-electron chi connectivity index (χ0n) is 15.2. The fraction of sp³-hybridized carbons (Fsp3) is 0.550. The van der Waals surface area contributed by atoms with Gasteiger partial charge in [-0.2, -0.15) is 0 Å². The minimum atomic E-state index is -1.04. The molecule has 1 aromatic rings. The monoisotopic (exact) mass is 343 g/mol. The van der Waals surface area contributed by atoms with Crippen LogP contribution in [0.15, 0.2) is 30.3 Å². The van der Waals surface area contributed by atoms with Crippen molar-refractivity contribution in [3.05, 3.63) is 35.9 Å². The van der Waals surface area contributed by atoms with Crippen molar-refractivity contribution in [3.63, 3.8) is 0 Å². The van der Waals surface area contributed by atoms with E-state index in [1.54, 1.807) is 25.7 Å². The maximum Gasteiger partial charge on any atom is 0.315 e. The predicted octanol–water partition coefficient (Wildman–Crippen LogP) is 2.90. The van der Waals surface area contributed by atoms with E-state index >= 15 is 0 Å². The third-order valence-electron chi connectivity index (χ3n) is 5.23. The van der Waals surface area contributed by atoms with Crippen LogP contribution in [0.4, 0.5) is 0 Å². The number of fused-ring (bicyclic) bond motifs is 1. The lowest BCUT2D eigenvalue weighted by atomic mass is 9.80. The van der Waals surface area contributed by atoms with Gasteiger partial charge >= 0.3 is 5.97 Å². The Hall–Kier alpha value is -2.17. The Morgan fingerprint density at radius 2 is 1.88 bits per heavy atom. The minimum absolute atomic E-state index is 0.140. The van der Waals surface area contributed by atoms with Gasteiger partial charge in [0.1, 0.15) is 22.7 Å². The molecule has 1 aromatic carbocycles. The summed E-state index contributed by atoms with van der Waals surface area (Å²) in [5, 5.41) is 0. The lowest BCUT2D eigenvalue weighted by molar-refractivity contribution is -0.169. The zero-order chi connectivity index (χ0) is 18.4. The standard InChI is InChI=1S/C20H25NO4/c1-13(14-8-6-5-7-9-14)21-12-20(18(24)25-19(2,3)4)11-10-15(22)16(20)17(21)23/h5-9,13,16H,10-12H2,1-4H3/t13-,16-,20?/m1/s1. The molecule has 1 aliphatic carbocycles. The third-order valence-corrected chi connectivity index (χ3v) is 5.23. The number of nitrogens with zero attached hydrogens (tertiary/aromatic N) is 1. The molecule has 2 aliphatic rings. The quantitative estimate of drug-likeness (QED) is 0.625. The van der Waals surface area contributed by atoms with Gasteiger partial charge in [0.05, 0.1) is 6.04 Å². The molecule has 5 nitrogen and oxygen atoms in total. The van der Waals surface area contributed by atoms with Crippen molar-refractivity contribution in [2.45, 2.75) is 52.2 Å². The second-order valence-electron chi connectivity index (χ2n) is 8.11. The molecule has 0 radical (unpaired) electrons. The molecule has 25 heavy (non-hydrogen) atoms. The number of carbonyl (C=O) groups excluding carboxylic acids is 3. The maximum absolute atomic E-state index is 13.0. The van der Waals surface area contributed by atoms with Crippen molar-refractivity contribution in [2.75, 3.05) is 6.54 Å². The highest BCUT2D eigenvalue weighted by Crippen LogP contribution is 2.50. The molecule has 1 saturated carbocycles. The molecule has 2 fully saturated rings. The summed E-state index contributed by atoms with van der Waals surface area (Å²) in [7, 11) is 0. The Morgan fingerprint density at radius 3 is 2.48 bits per heavy atom. The largest absolute Gasteiger partial charge is 0.459 e. The Kier molecular flexibility index (Phi) is 4.21. The number of ketones is 1. The summed E-state index contributed by atoms with van der Waals surface area (Å²) < 4.78 is 5.59. The van der Waals surface area contributed by atoms with Gasteiger partial charge in [-0.1, -0.05) is 30.3 Å². The van der Waals surface area contributed by atoms with E-state index in [1.165, 1.54) is 0 Å². The number of benzene rings is 1. The van der Waals surface area contributed by atoms with Gasteiger partial charge in [-0.25, -0.2) is 0 Å². The van der Waals surface area contributed by atoms with Crippen molar-refractivity contribution in [3.8, 4) is 0 Å². The van der Waals surface area contributed by atoms with Gasteiger partial charge < -0.3 is 9.64 Å². The van der Waals surface area contributed by atoms with Crippen LogP contribution in [0.25, 0.3) is 0 Å². The first kappa shape index (κ1) is 17.6. The van der Waals surface area contributed by atoms with Crippen molar-refractivity contribution < 1.29 is 19.1 Å². The fourth-order valence-electron chi connectivity index (χ4n) is 3.94. The zero-order valence-corrected chi connectivity index (χ0v) is 15.2. The van der Waals surface area contributed by atoms with Crippen molar-refractivity contribution in [1.29, 1.82) is 0 Å². The van der Waals surface area contributed by atoms with Crippen LogP contribution in [-0.2, 0) is 19.1 Å². The lowest BCUT2D eigenvalue weighted by Gasteiger charge is -2.31.